The maximum absolute atomic E-state index is 12.9. The molecule has 122 valence electrons. The van der Waals surface area contributed by atoms with Crippen molar-refractivity contribution >= 4 is 21.4 Å². The van der Waals surface area contributed by atoms with Crippen LogP contribution in [0.15, 0.2) is 34.7 Å². The monoisotopic (exact) mass is 352 g/mol. The third-order valence-corrected chi connectivity index (χ3v) is 6.97. The van der Waals surface area contributed by atoms with Crippen molar-refractivity contribution < 1.29 is 17.9 Å². The predicted octanol–water partition coefficient (Wildman–Crippen LogP) is 2.44. The van der Waals surface area contributed by atoms with Crippen LogP contribution < -0.4 is 9.47 Å². The number of nitrogens with zero attached hydrogens (tertiary/aromatic N) is 2. The summed E-state index contributed by atoms with van der Waals surface area (Å²) < 4.78 is 37.9. The lowest BCUT2D eigenvalue weighted by Gasteiger charge is -2.31. The Bertz CT molecular complexity index is 805. The first-order valence-electron chi connectivity index (χ1n) is 7.44. The van der Waals surface area contributed by atoms with Crippen molar-refractivity contribution in [2.24, 2.45) is 0 Å². The number of fused-ring (bicyclic) bond motifs is 1. The number of hydrogen-bond donors (Lipinski definition) is 0. The summed E-state index contributed by atoms with van der Waals surface area (Å²) in [6, 6.07) is 4.78. The zero-order chi connectivity index (χ0) is 15.9. The SMILES string of the molecule is O=S(=O)(c1ccc2c(c1)OCO2)N1CCC[C@@H](c2nccs2)C1. The van der Waals surface area contributed by atoms with Crippen LogP contribution in [0.5, 0.6) is 11.5 Å². The van der Waals surface area contributed by atoms with Gasteiger partial charge in [0.2, 0.25) is 16.8 Å². The molecular formula is C15H16N2O4S2. The van der Waals surface area contributed by atoms with E-state index in [-0.39, 0.29) is 17.6 Å². The van der Waals surface area contributed by atoms with Gasteiger partial charge in [0.25, 0.3) is 0 Å². The van der Waals surface area contributed by atoms with Crippen LogP contribution in [-0.2, 0) is 10.0 Å². The molecule has 4 rings (SSSR count). The number of hydrogen-bond acceptors (Lipinski definition) is 6. The molecule has 1 aromatic carbocycles. The van der Waals surface area contributed by atoms with Crippen molar-refractivity contribution in [2.45, 2.75) is 23.7 Å². The van der Waals surface area contributed by atoms with Crippen molar-refractivity contribution in [2.75, 3.05) is 19.9 Å². The molecular weight excluding hydrogens is 336 g/mol. The molecule has 0 unspecified atom stereocenters. The fraction of sp³-hybridized carbons (Fsp3) is 0.400. The third-order valence-electron chi connectivity index (χ3n) is 4.17. The molecule has 1 fully saturated rings. The van der Waals surface area contributed by atoms with Crippen molar-refractivity contribution in [3.05, 3.63) is 34.8 Å². The van der Waals surface area contributed by atoms with E-state index >= 15 is 0 Å². The highest BCUT2D eigenvalue weighted by atomic mass is 32.2. The van der Waals surface area contributed by atoms with Crippen LogP contribution in [0.3, 0.4) is 0 Å². The van der Waals surface area contributed by atoms with Gasteiger partial charge in [0.15, 0.2) is 11.5 Å². The number of thiazole rings is 1. The standard InChI is InChI=1S/C15H16N2O4S2/c18-23(19,12-3-4-13-14(8-12)21-10-20-13)17-6-1-2-11(9-17)15-16-5-7-22-15/h3-5,7-8,11H,1-2,6,9-10H2/t11-/m1/s1. The van der Waals surface area contributed by atoms with E-state index in [2.05, 4.69) is 4.98 Å². The lowest BCUT2D eigenvalue weighted by molar-refractivity contribution is 0.174. The van der Waals surface area contributed by atoms with E-state index in [4.69, 9.17) is 9.47 Å². The molecule has 6 nitrogen and oxygen atoms in total. The van der Waals surface area contributed by atoms with E-state index in [1.54, 1.807) is 40.0 Å². The second-order valence-corrected chi connectivity index (χ2v) is 8.45. The predicted molar refractivity (Wildman–Crippen MR) is 85.4 cm³/mol. The van der Waals surface area contributed by atoms with Gasteiger partial charge in [-0.05, 0) is 25.0 Å². The van der Waals surface area contributed by atoms with Crippen molar-refractivity contribution in [3.63, 3.8) is 0 Å². The van der Waals surface area contributed by atoms with E-state index in [0.29, 0.717) is 24.6 Å². The number of rotatable bonds is 3. The molecule has 1 atom stereocenters. The van der Waals surface area contributed by atoms with Crippen LogP contribution in [0.25, 0.3) is 0 Å². The van der Waals surface area contributed by atoms with E-state index < -0.39 is 10.0 Å². The minimum absolute atomic E-state index is 0.134. The van der Waals surface area contributed by atoms with Crippen LogP contribution in [-0.4, -0.2) is 37.6 Å². The number of piperidine rings is 1. The summed E-state index contributed by atoms with van der Waals surface area (Å²) in [5.74, 6) is 1.25. The summed E-state index contributed by atoms with van der Waals surface area (Å²) in [6.07, 6.45) is 3.58. The Labute approximate surface area is 138 Å². The molecule has 0 aliphatic carbocycles. The van der Waals surface area contributed by atoms with Gasteiger partial charge >= 0.3 is 0 Å². The Morgan fingerprint density at radius 1 is 1.26 bits per heavy atom. The average molecular weight is 352 g/mol. The van der Waals surface area contributed by atoms with E-state index in [1.165, 1.54) is 0 Å². The van der Waals surface area contributed by atoms with Crippen molar-refractivity contribution in [1.29, 1.82) is 0 Å². The second-order valence-electron chi connectivity index (χ2n) is 5.59. The Morgan fingerprint density at radius 2 is 2.13 bits per heavy atom. The van der Waals surface area contributed by atoms with Gasteiger partial charge in [0, 0.05) is 36.7 Å². The molecule has 0 spiro atoms. The molecule has 3 heterocycles. The highest BCUT2D eigenvalue weighted by molar-refractivity contribution is 7.89. The van der Waals surface area contributed by atoms with E-state index in [9.17, 15) is 8.42 Å². The smallest absolute Gasteiger partial charge is 0.243 e. The minimum Gasteiger partial charge on any atom is -0.454 e. The summed E-state index contributed by atoms with van der Waals surface area (Å²) in [4.78, 5) is 4.59. The van der Waals surface area contributed by atoms with Crippen LogP contribution in [0.4, 0.5) is 0 Å². The van der Waals surface area contributed by atoms with Gasteiger partial charge in [-0.3, -0.25) is 0 Å². The normalized spacial score (nSPS) is 21.5. The molecule has 2 aromatic rings. The zero-order valence-corrected chi connectivity index (χ0v) is 14.0. The third kappa shape index (κ3) is 2.71. The molecule has 1 saturated heterocycles. The highest BCUT2D eigenvalue weighted by Gasteiger charge is 2.32. The maximum Gasteiger partial charge on any atom is 0.243 e. The molecule has 0 saturated carbocycles. The fourth-order valence-electron chi connectivity index (χ4n) is 2.98. The molecule has 23 heavy (non-hydrogen) atoms. The average Bonchev–Trinajstić information content (AvgIpc) is 3.25. The largest absolute Gasteiger partial charge is 0.454 e. The highest BCUT2D eigenvalue weighted by Crippen LogP contribution is 2.36. The Kier molecular flexibility index (Phi) is 3.74. The first-order valence-corrected chi connectivity index (χ1v) is 9.76. The molecule has 2 aliphatic rings. The molecule has 8 heteroatoms. The maximum atomic E-state index is 12.9. The second kappa shape index (κ2) is 5.77. The fourth-order valence-corrected chi connectivity index (χ4v) is 5.29. The molecule has 2 aliphatic heterocycles. The Balaban J connectivity index is 1.60. The number of ether oxygens (including phenoxy) is 2. The van der Waals surface area contributed by atoms with E-state index in [1.807, 2.05) is 5.38 Å². The lowest BCUT2D eigenvalue weighted by atomic mass is 10.0. The van der Waals surface area contributed by atoms with Crippen LogP contribution >= 0.6 is 11.3 Å². The van der Waals surface area contributed by atoms with Gasteiger partial charge < -0.3 is 9.47 Å². The van der Waals surface area contributed by atoms with Gasteiger partial charge in [-0.15, -0.1) is 11.3 Å². The minimum atomic E-state index is -3.53. The van der Waals surface area contributed by atoms with Crippen LogP contribution in [0.1, 0.15) is 23.8 Å². The molecule has 0 bridgehead atoms. The Morgan fingerprint density at radius 3 is 2.96 bits per heavy atom. The summed E-state index contributed by atoms with van der Waals surface area (Å²) >= 11 is 1.59. The first-order chi connectivity index (χ1) is 11.1. The molecule has 0 radical (unpaired) electrons. The summed E-state index contributed by atoms with van der Waals surface area (Å²) in [7, 11) is -3.53. The summed E-state index contributed by atoms with van der Waals surface area (Å²) in [6.45, 7) is 1.15. The number of aromatic nitrogens is 1. The van der Waals surface area contributed by atoms with Crippen molar-refractivity contribution in [1.82, 2.24) is 9.29 Å². The number of benzene rings is 1. The van der Waals surface area contributed by atoms with Gasteiger partial charge in [-0.1, -0.05) is 0 Å². The van der Waals surface area contributed by atoms with Gasteiger partial charge in [0.1, 0.15) is 0 Å². The topological polar surface area (TPSA) is 68.7 Å². The quantitative estimate of drug-likeness (QED) is 0.849. The number of sulfonamides is 1. The zero-order valence-electron chi connectivity index (χ0n) is 12.3. The Hall–Kier alpha value is -1.64. The van der Waals surface area contributed by atoms with Gasteiger partial charge in [-0.25, -0.2) is 13.4 Å². The molecule has 0 amide bonds. The first kappa shape index (κ1) is 14.9. The van der Waals surface area contributed by atoms with Crippen molar-refractivity contribution in [3.8, 4) is 11.5 Å². The lowest BCUT2D eigenvalue weighted by Crippen LogP contribution is -2.39. The molecule has 1 aromatic heterocycles. The van der Waals surface area contributed by atoms with E-state index in [0.717, 1.165) is 17.8 Å². The van der Waals surface area contributed by atoms with Gasteiger partial charge in [0.05, 0.1) is 9.90 Å². The van der Waals surface area contributed by atoms with Crippen LogP contribution in [0, 0.1) is 0 Å². The van der Waals surface area contributed by atoms with Crippen LogP contribution in [0.2, 0.25) is 0 Å². The summed E-state index contributed by atoms with van der Waals surface area (Å²) in [5, 5.41) is 2.94. The van der Waals surface area contributed by atoms with Gasteiger partial charge in [-0.2, -0.15) is 4.31 Å². The molecule has 0 N–H and O–H groups in total. The summed E-state index contributed by atoms with van der Waals surface area (Å²) in [5.41, 5.74) is 0.